The minimum absolute atomic E-state index is 0.186. The molecule has 114 valence electrons. The van der Waals surface area contributed by atoms with Gasteiger partial charge in [-0.1, -0.05) is 0 Å². The third-order valence-corrected chi connectivity index (χ3v) is 4.77. The van der Waals surface area contributed by atoms with Crippen LogP contribution in [0.15, 0.2) is 30.6 Å². The van der Waals surface area contributed by atoms with Crippen molar-refractivity contribution in [1.82, 2.24) is 20.1 Å². The minimum atomic E-state index is 0.186. The molecule has 1 unspecified atom stereocenters. The Balaban J connectivity index is 1.30. The van der Waals surface area contributed by atoms with Gasteiger partial charge in [-0.25, -0.2) is 0 Å². The van der Waals surface area contributed by atoms with Gasteiger partial charge in [0.15, 0.2) is 0 Å². The number of amides is 1. The Bertz CT molecular complexity index is 656. The number of H-pyrrole nitrogens is 1. The van der Waals surface area contributed by atoms with Crippen LogP contribution in [0, 0.1) is 17.8 Å². The fourth-order valence-electron chi connectivity index (χ4n) is 3.37. The second kappa shape index (κ2) is 5.12. The summed E-state index contributed by atoms with van der Waals surface area (Å²) in [6, 6.07) is 5.74. The van der Waals surface area contributed by atoms with Crippen LogP contribution in [0.3, 0.4) is 0 Å². The predicted molar refractivity (Wildman–Crippen MR) is 80.0 cm³/mol. The molecule has 6 heteroatoms. The van der Waals surface area contributed by atoms with Gasteiger partial charge in [-0.3, -0.25) is 14.9 Å². The Labute approximate surface area is 128 Å². The lowest BCUT2D eigenvalue weighted by molar-refractivity contribution is -0.128. The van der Waals surface area contributed by atoms with Crippen LogP contribution in [0.2, 0.25) is 0 Å². The molecule has 1 saturated carbocycles. The van der Waals surface area contributed by atoms with E-state index in [-0.39, 0.29) is 5.91 Å². The van der Waals surface area contributed by atoms with E-state index in [4.69, 9.17) is 4.74 Å². The van der Waals surface area contributed by atoms with Crippen molar-refractivity contribution in [3.63, 3.8) is 0 Å². The van der Waals surface area contributed by atoms with Crippen LogP contribution in [0.25, 0.3) is 11.4 Å². The van der Waals surface area contributed by atoms with Gasteiger partial charge in [0.05, 0.1) is 24.2 Å². The number of aromatic nitrogens is 3. The van der Waals surface area contributed by atoms with Crippen molar-refractivity contribution in [2.75, 3.05) is 19.7 Å². The lowest BCUT2D eigenvalue weighted by atomic mass is 10.2. The van der Waals surface area contributed by atoms with Crippen molar-refractivity contribution in [3.05, 3.63) is 30.6 Å². The van der Waals surface area contributed by atoms with Gasteiger partial charge in [0.1, 0.15) is 5.75 Å². The summed E-state index contributed by atoms with van der Waals surface area (Å²) in [4.78, 5) is 17.6. The van der Waals surface area contributed by atoms with E-state index >= 15 is 0 Å². The average Bonchev–Trinajstić information content (AvgIpc) is 2.97. The summed E-state index contributed by atoms with van der Waals surface area (Å²) in [7, 11) is 0. The van der Waals surface area contributed by atoms with Crippen LogP contribution in [0.1, 0.15) is 6.92 Å². The number of likely N-dealkylation sites (tertiary alicyclic amines) is 1. The highest BCUT2D eigenvalue weighted by atomic mass is 16.5. The molecule has 22 heavy (non-hydrogen) atoms. The van der Waals surface area contributed by atoms with Crippen LogP contribution in [-0.4, -0.2) is 45.7 Å². The third kappa shape index (κ3) is 2.34. The Kier molecular flexibility index (Phi) is 3.10. The molecule has 1 N–H and O–H groups in total. The fraction of sp³-hybridized carbons (Fsp3) is 0.438. The second-order valence-corrected chi connectivity index (χ2v) is 6.08. The van der Waals surface area contributed by atoms with E-state index in [0.29, 0.717) is 24.4 Å². The van der Waals surface area contributed by atoms with Crippen molar-refractivity contribution in [2.45, 2.75) is 6.92 Å². The molecule has 1 aliphatic heterocycles. The molecule has 2 aliphatic rings. The second-order valence-electron chi connectivity index (χ2n) is 6.08. The molecule has 0 spiro atoms. The number of nitrogens with one attached hydrogen (secondary N) is 1. The van der Waals surface area contributed by atoms with E-state index in [1.807, 2.05) is 23.1 Å². The van der Waals surface area contributed by atoms with E-state index in [0.717, 1.165) is 30.2 Å². The molecule has 2 aromatic heterocycles. The zero-order valence-corrected chi connectivity index (χ0v) is 12.4. The van der Waals surface area contributed by atoms with Crippen molar-refractivity contribution >= 4 is 5.91 Å². The first-order chi connectivity index (χ1) is 10.7. The van der Waals surface area contributed by atoms with Crippen LogP contribution in [0.4, 0.5) is 0 Å². The van der Waals surface area contributed by atoms with Crippen molar-refractivity contribution in [3.8, 4) is 17.1 Å². The number of carbonyl (C=O) groups is 1. The standard InChI is InChI=1S/C16H18N4O2/c1-10(21)20-7-12-13(8-20)14(12)9-22-11-2-3-15(17-6-11)16-4-5-18-19-16/h2-6,12-14H,7-9H2,1H3,(H,18,19)/t12-,13+,14?. The van der Waals surface area contributed by atoms with E-state index in [1.165, 1.54) is 0 Å². The topological polar surface area (TPSA) is 71.1 Å². The molecule has 2 fully saturated rings. The molecule has 1 saturated heterocycles. The SMILES string of the molecule is CC(=O)N1C[C@@H]2C(COc3ccc(-c4ccn[nH]4)nc3)[C@@H]2C1. The number of pyridine rings is 1. The van der Waals surface area contributed by atoms with Crippen LogP contribution in [0.5, 0.6) is 5.75 Å². The molecule has 6 nitrogen and oxygen atoms in total. The molecule has 4 rings (SSSR count). The number of rotatable bonds is 4. The van der Waals surface area contributed by atoms with Gasteiger partial charge in [-0.05, 0) is 30.0 Å². The molecular formula is C16H18N4O2. The van der Waals surface area contributed by atoms with E-state index in [9.17, 15) is 4.79 Å². The van der Waals surface area contributed by atoms with Crippen LogP contribution >= 0.6 is 0 Å². The molecule has 0 aromatic carbocycles. The van der Waals surface area contributed by atoms with Gasteiger partial charge >= 0.3 is 0 Å². The lowest BCUT2D eigenvalue weighted by Crippen LogP contribution is -2.30. The number of piperidine rings is 1. The Hall–Kier alpha value is -2.37. The molecule has 2 aromatic rings. The number of hydrogen-bond donors (Lipinski definition) is 1. The van der Waals surface area contributed by atoms with E-state index in [2.05, 4.69) is 15.2 Å². The van der Waals surface area contributed by atoms with Gasteiger partial charge in [-0.2, -0.15) is 5.10 Å². The molecule has 3 heterocycles. The maximum absolute atomic E-state index is 11.3. The van der Waals surface area contributed by atoms with Crippen molar-refractivity contribution < 1.29 is 9.53 Å². The lowest BCUT2D eigenvalue weighted by Gasteiger charge is -2.17. The Morgan fingerprint density at radius 3 is 2.77 bits per heavy atom. The summed E-state index contributed by atoms with van der Waals surface area (Å²) in [5.41, 5.74) is 1.75. The van der Waals surface area contributed by atoms with Crippen LogP contribution in [-0.2, 0) is 4.79 Å². The Morgan fingerprint density at radius 2 is 2.18 bits per heavy atom. The summed E-state index contributed by atoms with van der Waals surface area (Å²) >= 11 is 0. The summed E-state index contributed by atoms with van der Waals surface area (Å²) in [5.74, 6) is 2.81. The van der Waals surface area contributed by atoms with Crippen molar-refractivity contribution in [2.24, 2.45) is 17.8 Å². The third-order valence-electron chi connectivity index (χ3n) is 4.77. The average molecular weight is 298 g/mol. The summed E-state index contributed by atoms with van der Waals surface area (Å²) in [6.45, 7) is 4.14. The van der Waals surface area contributed by atoms with Gasteiger partial charge in [0.25, 0.3) is 0 Å². The first-order valence-electron chi connectivity index (χ1n) is 7.56. The zero-order chi connectivity index (χ0) is 15.1. The number of fused-ring (bicyclic) bond motifs is 1. The monoisotopic (exact) mass is 298 g/mol. The number of hydrogen-bond acceptors (Lipinski definition) is 4. The zero-order valence-electron chi connectivity index (χ0n) is 12.4. The number of carbonyl (C=O) groups excluding carboxylic acids is 1. The number of nitrogens with zero attached hydrogens (tertiary/aromatic N) is 3. The maximum atomic E-state index is 11.3. The van der Waals surface area contributed by atoms with Gasteiger partial charge < -0.3 is 9.64 Å². The van der Waals surface area contributed by atoms with Gasteiger partial charge in [0.2, 0.25) is 5.91 Å². The fourth-order valence-corrected chi connectivity index (χ4v) is 3.37. The summed E-state index contributed by atoms with van der Waals surface area (Å²) in [6.07, 6.45) is 3.45. The normalized spacial score (nSPS) is 25.9. The minimum Gasteiger partial charge on any atom is -0.492 e. The number of ether oxygens (including phenoxy) is 1. The number of aromatic amines is 1. The highest BCUT2D eigenvalue weighted by Gasteiger charge is 2.56. The smallest absolute Gasteiger partial charge is 0.219 e. The quantitative estimate of drug-likeness (QED) is 0.930. The molecule has 1 amide bonds. The largest absolute Gasteiger partial charge is 0.492 e. The van der Waals surface area contributed by atoms with Gasteiger partial charge in [-0.15, -0.1) is 0 Å². The molecule has 1 aliphatic carbocycles. The Morgan fingerprint density at radius 1 is 1.36 bits per heavy atom. The van der Waals surface area contributed by atoms with Crippen molar-refractivity contribution in [1.29, 1.82) is 0 Å². The highest BCUT2D eigenvalue weighted by Crippen LogP contribution is 2.51. The van der Waals surface area contributed by atoms with E-state index < -0.39 is 0 Å². The molecule has 0 bridgehead atoms. The van der Waals surface area contributed by atoms with E-state index in [1.54, 1.807) is 19.3 Å². The first-order valence-corrected chi connectivity index (χ1v) is 7.56. The molecule has 3 atom stereocenters. The summed E-state index contributed by atoms with van der Waals surface area (Å²) in [5, 5.41) is 6.80. The maximum Gasteiger partial charge on any atom is 0.219 e. The predicted octanol–water partition coefficient (Wildman–Crippen LogP) is 1.57. The first kappa shape index (κ1) is 13.3. The highest BCUT2D eigenvalue weighted by molar-refractivity contribution is 5.73. The van der Waals surface area contributed by atoms with Crippen LogP contribution < -0.4 is 4.74 Å². The molecule has 0 radical (unpaired) electrons. The van der Waals surface area contributed by atoms with Gasteiger partial charge in [0, 0.05) is 32.1 Å². The molecular weight excluding hydrogens is 280 g/mol. The summed E-state index contributed by atoms with van der Waals surface area (Å²) < 4.78 is 5.84.